The summed E-state index contributed by atoms with van der Waals surface area (Å²) in [4.78, 5) is 0. The molecular weight excluding hydrogens is 208 g/mol. The highest BCUT2D eigenvalue weighted by atomic mass is 14.9. The Morgan fingerprint density at radius 2 is 2.18 bits per heavy atom. The highest BCUT2D eigenvalue weighted by Crippen LogP contribution is 2.25. The van der Waals surface area contributed by atoms with Gasteiger partial charge in [-0.15, -0.1) is 0 Å². The molecule has 1 aliphatic carbocycles. The molecule has 2 atom stereocenters. The van der Waals surface area contributed by atoms with Gasteiger partial charge in [0.2, 0.25) is 0 Å². The molecule has 2 nitrogen and oxygen atoms in total. The maximum atomic E-state index is 9.29. The second kappa shape index (κ2) is 5.54. The van der Waals surface area contributed by atoms with Crippen molar-refractivity contribution in [1.82, 2.24) is 0 Å². The Morgan fingerprint density at radius 1 is 1.35 bits per heavy atom. The lowest BCUT2D eigenvalue weighted by Gasteiger charge is -2.25. The molecule has 88 valence electrons. The van der Waals surface area contributed by atoms with E-state index in [1.165, 1.54) is 5.56 Å². The Hall–Kier alpha value is -1.75. The largest absolute Gasteiger partial charge is 0.369 e. The first-order valence-electron chi connectivity index (χ1n) is 6.18. The molecule has 0 saturated heterocycles. The normalized spacial score (nSPS) is 20.6. The quantitative estimate of drug-likeness (QED) is 0.798. The molecule has 2 rings (SSSR count). The zero-order valence-electron chi connectivity index (χ0n) is 10.2. The summed E-state index contributed by atoms with van der Waals surface area (Å²) in [5.41, 5.74) is 2.27. The van der Waals surface area contributed by atoms with Crippen LogP contribution in [0.4, 0.5) is 5.69 Å². The molecule has 1 aromatic rings. The molecule has 17 heavy (non-hydrogen) atoms. The lowest BCUT2D eigenvalue weighted by atomic mass is 9.88. The summed E-state index contributed by atoms with van der Waals surface area (Å²) in [5, 5.41) is 12.7. The molecule has 0 saturated carbocycles. The maximum Gasteiger partial charge on any atom is 0.117 e. The lowest BCUT2D eigenvalue weighted by molar-refractivity contribution is 0.457. The Balaban J connectivity index is 2.08. The molecule has 0 aliphatic heterocycles. The second-order valence-corrected chi connectivity index (χ2v) is 4.61. The number of aryl methyl sites for hydroxylation is 1. The summed E-state index contributed by atoms with van der Waals surface area (Å²) in [6, 6.07) is 10.5. The van der Waals surface area contributed by atoms with E-state index in [0.29, 0.717) is 5.92 Å². The van der Waals surface area contributed by atoms with Crippen molar-refractivity contribution in [3.8, 4) is 6.07 Å². The van der Waals surface area contributed by atoms with Crippen LogP contribution in [0.3, 0.4) is 0 Å². The van der Waals surface area contributed by atoms with Crippen LogP contribution in [0.25, 0.3) is 0 Å². The highest BCUT2D eigenvalue weighted by molar-refractivity contribution is 5.52. The van der Waals surface area contributed by atoms with Crippen LogP contribution in [0, 0.1) is 24.2 Å². The molecule has 1 aromatic carbocycles. The molecule has 2 heteroatoms. The van der Waals surface area contributed by atoms with E-state index in [4.69, 9.17) is 0 Å². The van der Waals surface area contributed by atoms with Gasteiger partial charge in [-0.1, -0.05) is 30.4 Å². The third-order valence-electron chi connectivity index (χ3n) is 3.38. The van der Waals surface area contributed by atoms with E-state index in [1.54, 1.807) is 0 Å². The number of allylic oxidation sites excluding steroid dienone is 2. The monoisotopic (exact) mass is 226 g/mol. The van der Waals surface area contributed by atoms with Crippen molar-refractivity contribution in [2.75, 3.05) is 5.32 Å². The van der Waals surface area contributed by atoms with Crippen molar-refractivity contribution in [2.24, 2.45) is 5.92 Å². The number of nitriles is 1. The Labute approximate surface area is 103 Å². The third kappa shape index (κ3) is 2.88. The van der Waals surface area contributed by atoms with Crippen molar-refractivity contribution in [2.45, 2.75) is 32.2 Å². The van der Waals surface area contributed by atoms with Crippen LogP contribution < -0.4 is 5.32 Å². The molecule has 0 spiro atoms. The van der Waals surface area contributed by atoms with Crippen LogP contribution in [-0.4, -0.2) is 6.04 Å². The van der Waals surface area contributed by atoms with Gasteiger partial charge >= 0.3 is 0 Å². The molecule has 0 aromatic heterocycles. The van der Waals surface area contributed by atoms with E-state index in [9.17, 15) is 5.26 Å². The van der Waals surface area contributed by atoms with Gasteiger partial charge in [0.15, 0.2) is 0 Å². The number of nitrogens with one attached hydrogen (secondary N) is 1. The molecule has 1 aliphatic rings. The standard InChI is InChI=1S/C15H18N2/c1-12-7-5-6-10-14(12)17-15(11-16)13-8-3-2-4-9-13/h2-3,5-7,10,13,15,17H,4,8-9H2,1H3. The molecule has 0 amide bonds. The number of benzene rings is 1. The Bertz CT molecular complexity index is 442. The lowest BCUT2D eigenvalue weighted by Crippen LogP contribution is -2.28. The van der Waals surface area contributed by atoms with Gasteiger partial charge in [0, 0.05) is 5.69 Å². The van der Waals surface area contributed by atoms with Crippen LogP contribution in [0.15, 0.2) is 36.4 Å². The van der Waals surface area contributed by atoms with Gasteiger partial charge in [-0.2, -0.15) is 5.26 Å². The van der Waals surface area contributed by atoms with Gasteiger partial charge in [-0.3, -0.25) is 0 Å². The fraction of sp³-hybridized carbons (Fsp3) is 0.400. The van der Waals surface area contributed by atoms with Gasteiger partial charge in [0.1, 0.15) is 6.04 Å². The summed E-state index contributed by atoms with van der Waals surface area (Å²) in [6.07, 6.45) is 7.61. The van der Waals surface area contributed by atoms with E-state index in [2.05, 4.69) is 36.5 Å². The molecule has 0 fully saturated rings. The van der Waals surface area contributed by atoms with Crippen molar-refractivity contribution in [3.05, 3.63) is 42.0 Å². The minimum atomic E-state index is -0.0824. The maximum absolute atomic E-state index is 9.29. The Morgan fingerprint density at radius 3 is 2.82 bits per heavy atom. The van der Waals surface area contributed by atoms with Crippen LogP contribution in [0.1, 0.15) is 24.8 Å². The van der Waals surface area contributed by atoms with Gasteiger partial charge in [-0.05, 0) is 43.7 Å². The fourth-order valence-electron chi connectivity index (χ4n) is 2.28. The van der Waals surface area contributed by atoms with E-state index in [-0.39, 0.29) is 6.04 Å². The first-order chi connectivity index (χ1) is 8.31. The first-order valence-corrected chi connectivity index (χ1v) is 6.18. The van der Waals surface area contributed by atoms with E-state index < -0.39 is 0 Å². The summed E-state index contributed by atoms with van der Waals surface area (Å²) in [5.74, 6) is 0.435. The Kier molecular flexibility index (Phi) is 3.82. The smallest absolute Gasteiger partial charge is 0.117 e. The van der Waals surface area contributed by atoms with Gasteiger partial charge in [0.25, 0.3) is 0 Å². The van der Waals surface area contributed by atoms with Crippen LogP contribution in [0.2, 0.25) is 0 Å². The van der Waals surface area contributed by atoms with Crippen molar-refractivity contribution in [1.29, 1.82) is 5.26 Å². The van der Waals surface area contributed by atoms with Crippen molar-refractivity contribution < 1.29 is 0 Å². The second-order valence-electron chi connectivity index (χ2n) is 4.61. The zero-order chi connectivity index (χ0) is 12.1. The highest BCUT2D eigenvalue weighted by Gasteiger charge is 2.21. The van der Waals surface area contributed by atoms with Gasteiger partial charge in [-0.25, -0.2) is 0 Å². The average Bonchev–Trinajstić information content (AvgIpc) is 2.39. The fourth-order valence-corrected chi connectivity index (χ4v) is 2.28. The first kappa shape index (κ1) is 11.7. The predicted molar refractivity (Wildman–Crippen MR) is 70.7 cm³/mol. The molecule has 1 N–H and O–H groups in total. The molecule has 0 radical (unpaired) electrons. The van der Waals surface area contributed by atoms with Gasteiger partial charge in [0.05, 0.1) is 6.07 Å². The molecule has 0 bridgehead atoms. The molecule has 0 heterocycles. The van der Waals surface area contributed by atoms with Gasteiger partial charge < -0.3 is 5.32 Å². The van der Waals surface area contributed by atoms with E-state index in [0.717, 1.165) is 24.9 Å². The topological polar surface area (TPSA) is 35.8 Å². The number of rotatable bonds is 3. The summed E-state index contributed by atoms with van der Waals surface area (Å²) < 4.78 is 0. The van der Waals surface area contributed by atoms with E-state index in [1.807, 2.05) is 18.2 Å². The van der Waals surface area contributed by atoms with Crippen LogP contribution >= 0.6 is 0 Å². The molecular formula is C15H18N2. The number of hydrogen-bond donors (Lipinski definition) is 1. The van der Waals surface area contributed by atoms with Crippen LogP contribution in [0.5, 0.6) is 0 Å². The van der Waals surface area contributed by atoms with E-state index >= 15 is 0 Å². The van der Waals surface area contributed by atoms with Crippen molar-refractivity contribution in [3.63, 3.8) is 0 Å². The average molecular weight is 226 g/mol. The van der Waals surface area contributed by atoms with Crippen LogP contribution in [-0.2, 0) is 0 Å². The number of para-hydroxylation sites is 1. The number of hydrogen-bond acceptors (Lipinski definition) is 2. The minimum absolute atomic E-state index is 0.0824. The summed E-state index contributed by atoms with van der Waals surface area (Å²) in [7, 11) is 0. The predicted octanol–water partition coefficient (Wildman–Crippen LogP) is 3.66. The number of nitrogens with zero attached hydrogens (tertiary/aromatic N) is 1. The third-order valence-corrected chi connectivity index (χ3v) is 3.38. The molecule has 2 unspecified atom stereocenters. The zero-order valence-corrected chi connectivity index (χ0v) is 10.2. The summed E-state index contributed by atoms with van der Waals surface area (Å²) >= 11 is 0. The van der Waals surface area contributed by atoms with Crippen molar-refractivity contribution >= 4 is 5.69 Å². The summed E-state index contributed by atoms with van der Waals surface area (Å²) in [6.45, 7) is 2.07. The minimum Gasteiger partial charge on any atom is -0.369 e. The SMILES string of the molecule is Cc1ccccc1NC(C#N)C1CC=CCC1. The number of anilines is 1.